The highest BCUT2D eigenvalue weighted by molar-refractivity contribution is 7.89. The van der Waals surface area contributed by atoms with Gasteiger partial charge in [0.15, 0.2) is 0 Å². The molecule has 1 aromatic rings. The first-order valence-corrected chi connectivity index (χ1v) is 10.8. The maximum absolute atomic E-state index is 12.8. The van der Waals surface area contributed by atoms with Gasteiger partial charge in [-0.3, -0.25) is 14.4 Å². The molecule has 160 valence electrons. The Morgan fingerprint density at radius 3 is 2.24 bits per heavy atom. The van der Waals surface area contributed by atoms with Crippen LogP contribution < -0.4 is 4.90 Å². The summed E-state index contributed by atoms with van der Waals surface area (Å²) in [5.41, 5.74) is 0.888. The average molecular weight is 426 g/mol. The molecule has 9 nitrogen and oxygen atoms in total. The van der Waals surface area contributed by atoms with Crippen LogP contribution in [-0.2, 0) is 33.9 Å². The first kappa shape index (κ1) is 22.7. The number of hydrogen-bond donors (Lipinski definition) is 0. The summed E-state index contributed by atoms with van der Waals surface area (Å²) in [6.07, 6.45) is -1.44. The highest BCUT2D eigenvalue weighted by Gasteiger charge is 2.40. The monoisotopic (exact) mass is 426 g/mol. The minimum absolute atomic E-state index is 0.000533. The van der Waals surface area contributed by atoms with E-state index < -0.39 is 34.0 Å². The molecule has 0 aromatic heterocycles. The van der Waals surface area contributed by atoms with E-state index in [-0.39, 0.29) is 30.7 Å². The number of ether oxygens (including phenoxy) is 2. The smallest absolute Gasteiger partial charge is 0.306 e. The Labute approximate surface area is 170 Å². The summed E-state index contributed by atoms with van der Waals surface area (Å²) in [5.74, 6) is -1.87. The third kappa shape index (κ3) is 5.47. The molecule has 10 heteroatoms. The fraction of sp³-hybridized carbons (Fsp3) is 0.526. The standard InChI is InChI=1S/C19H26N2O7S/c1-4-20(5-2)14-6-8-16(9-7-14)29(25,26)21-13-15(12-17(21)22)28-19(24)11-10-18(23)27-3/h6-9,15H,4-5,10-13H2,1-3H3. The molecule has 1 atom stereocenters. The van der Waals surface area contributed by atoms with E-state index in [2.05, 4.69) is 9.64 Å². The lowest BCUT2D eigenvalue weighted by atomic mass is 10.3. The summed E-state index contributed by atoms with van der Waals surface area (Å²) < 4.78 is 36.0. The number of amides is 1. The minimum atomic E-state index is -4.04. The van der Waals surface area contributed by atoms with Crippen LogP contribution in [0.1, 0.15) is 33.1 Å². The fourth-order valence-corrected chi connectivity index (χ4v) is 4.49. The first-order chi connectivity index (χ1) is 13.7. The van der Waals surface area contributed by atoms with Gasteiger partial charge in [0.25, 0.3) is 10.0 Å². The number of carbonyl (C=O) groups excluding carboxylic acids is 3. The molecule has 1 fully saturated rings. The lowest BCUT2D eigenvalue weighted by Crippen LogP contribution is -2.33. The Kier molecular flexibility index (Phi) is 7.60. The van der Waals surface area contributed by atoms with Gasteiger partial charge >= 0.3 is 11.9 Å². The molecule has 2 rings (SSSR count). The number of methoxy groups -OCH3 is 1. The van der Waals surface area contributed by atoms with Crippen LogP contribution in [0.15, 0.2) is 29.2 Å². The Hall–Kier alpha value is -2.62. The number of sulfonamides is 1. The Morgan fingerprint density at radius 1 is 1.10 bits per heavy atom. The molecule has 1 aromatic carbocycles. The van der Waals surface area contributed by atoms with Crippen molar-refractivity contribution in [2.75, 3.05) is 31.6 Å². The van der Waals surface area contributed by atoms with Crippen molar-refractivity contribution < 1.29 is 32.3 Å². The third-order valence-electron chi connectivity index (χ3n) is 4.66. The number of esters is 2. The van der Waals surface area contributed by atoms with Crippen molar-refractivity contribution in [3.05, 3.63) is 24.3 Å². The van der Waals surface area contributed by atoms with Crippen LogP contribution in [0.3, 0.4) is 0 Å². The van der Waals surface area contributed by atoms with E-state index in [0.717, 1.165) is 23.1 Å². The molecule has 29 heavy (non-hydrogen) atoms. The van der Waals surface area contributed by atoms with Gasteiger partial charge in [0.2, 0.25) is 5.91 Å². The third-order valence-corrected chi connectivity index (χ3v) is 6.46. The van der Waals surface area contributed by atoms with E-state index in [9.17, 15) is 22.8 Å². The molecule has 1 aliphatic heterocycles. The number of hydrogen-bond acceptors (Lipinski definition) is 8. The van der Waals surface area contributed by atoms with Crippen molar-refractivity contribution in [2.45, 2.75) is 44.1 Å². The van der Waals surface area contributed by atoms with Crippen LogP contribution in [0.5, 0.6) is 0 Å². The molecule has 0 radical (unpaired) electrons. The van der Waals surface area contributed by atoms with Crippen molar-refractivity contribution in [2.24, 2.45) is 0 Å². The van der Waals surface area contributed by atoms with Gasteiger partial charge in [-0.25, -0.2) is 12.7 Å². The fourth-order valence-electron chi connectivity index (χ4n) is 3.05. The summed E-state index contributed by atoms with van der Waals surface area (Å²) in [7, 11) is -2.83. The topological polar surface area (TPSA) is 110 Å². The number of rotatable bonds is 9. The summed E-state index contributed by atoms with van der Waals surface area (Å²) in [5, 5.41) is 0. The van der Waals surface area contributed by atoms with Gasteiger partial charge in [-0.2, -0.15) is 0 Å². The van der Waals surface area contributed by atoms with Crippen LogP contribution in [0, 0.1) is 0 Å². The second-order valence-electron chi connectivity index (χ2n) is 6.49. The molecule has 0 aliphatic carbocycles. The van der Waals surface area contributed by atoms with E-state index in [1.165, 1.54) is 19.2 Å². The zero-order valence-electron chi connectivity index (χ0n) is 16.8. The van der Waals surface area contributed by atoms with Crippen LogP contribution in [0.4, 0.5) is 5.69 Å². The Morgan fingerprint density at radius 2 is 1.69 bits per heavy atom. The Balaban J connectivity index is 2.04. The van der Waals surface area contributed by atoms with E-state index in [1.54, 1.807) is 12.1 Å². The van der Waals surface area contributed by atoms with Crippen molar-refractivity contribution in [1.29, 1.82) is 0 Å². The molecule has 1 saturated heterocycles. The van der Waals surface area contributed by atoms with Crippen LogP contribution in [0.25, 0.3) is 0 Å². The van der Waals surface area contributed by atoms with Gasteiger partial charge in [-0.15, -0.1) is 0 Å². The van der Waals surface area contributed by atoms with Gasteiger partial charge in [-0.1, -0.05) is 0 Å². The molecule has 1 unspecified atom stereocenters. The predicted molar refractivity (Wildman–Crippen MR) is 105 cm³/mol. The number of nitrogens with zero attached hydrogens (tertiary/aromatic N) is 2. The van der Waals surface area contributed by atoms with Crippen molar-refractivity contribution >= 4 is 33.6 Å². The maximum atomic E-state index is 12.8. The Bertz CT molecular complexity index is 848. The molecular formula is C19H26N2O7S. The summed E-state index contributed by atoms with van der Waals surface area (Å²) >= 11 is 0. The lowest BCUT2D eigenvalue weighted by Gasteiger charge is -2.22. The number of benzene rings is 1. The van der Waals surface area contributed by atoms with Crippen molar-refractivity contribution in [1.82, 2.24) is 4.31 Å². The lowest BCUT2D eigenvalue weighted by molar-refractivity contribution is -0.152. The largest absolute Gasteiger partial charge is 0.469 e. The summed E-state index contributed by atoms with van der Waals surface area (Å²) in [4.78, 5) is 37.2. The number of carbonyl (C=O) groups is 3. The summed E-state index contributed by atoms with van der Waals surface area (Å²) in [6, 6.07) is 6.33. The highest BCUT2D eigenvalue weighted by atomic mass is 32.2. The quantitative estimate of drug-likeness (QED) is 0.544. The van der Waals surface area contributed by atoms with Gasteiger partial charge in [-0.05, 0) is 38.1 Å². The van der Waals surface area contributed by atoms with Crippen molar-refractivity contribution in [3.63, 3.8) is 0 Å². The molecule has 1 amide bonds. The highest BCUT2D eigenvalue weighted by Crippen LogP contribution is 2.26. The van der Waals surface area contributed by atoms with Gasteiger partial charge in [0.05, 0.1) is 37.8 Å². The first-order valence-electron chi connectivity index (χ1n) is 9.39. The van der Waals surface area contributed by atoms with Crippen LogP contribution in [-0.4, -0.2) is 63.4 Å². The second kappa shape index (κ2) is 9.73. The van der Waals surface area contributed by atoms with Gasteiger partial charge in [0, 0.05) is 18.8 Å². The second-order valence-corrected chi connectivity index (χ2v) is 8.35. The number of anilines is 1. The molecule has 0 spiro atoms. The molecule has 0 N–H and O–H groups in total. The molecular weight excluding hydrogens is 400 g/mol. The van der Waals surface area contributed by atoms with Gasteiger partial charge in [0.1, 0.15) is 6.10 Å². The minimum Gasteiger partial charge on any atom is -0.469 e. The van der Waals surface area contributed by atoms with E-state index in [0.29, 0.717) is 0 Å². The van der Waals surface area contributed by atoms with E-state index in [1.807, 2.05) is 13.8 Å². The predicted octanol–water partition coefficient (Wildman–Crippen LogP) is 1.32. The normalized spacial score (nSPS) is 16.6. The summed E-state index contributed by atoms with van der Waals surface area (Å²) in [6.45, 7) is 5.34. The molecule has 1 heterocycles. The molecule has 0 bridgehead atoms. The van der Waals surface area contributed by atoms with Crippen LogP contribution >= 0.6 is 0 Å². The van der Waals surface area contributed by atoms with E-state index in [4.69, 9.17) is 4.74 Å². The zero-order chi connectivity index (χ0) is 21.6. The van der Waals surface area contributed by atoms with Crippen LogP contribution in [0.2, 0.25) is 0 Å². The zero-order valence-corrected chi connectivity index (χ0v) is 17.6. The SMILES string of the molecule is CCN(CC)c1ccc(S(=O)(=O)N2CC(OC(=O)CCC(=O)OC)CC2=O)cc1. The molecule has 1 aliphatic rings. The maximum Gasteiger partial charge on any atom is 0.306 e. The van der Waals surface area contributed by atoms with Crippen molar-refractivity contribution in [3.8, 4) is 0 Å². The van der Waals surface area contributed by atoms with Gasteiger partial charge < -0.3 is 14.4 Å². The molecule has 0 saturated carbocycles. The van der Waals surface area contributed by atoms with E-state index >= 15 is 0 Å². The average Bonchev–Trinajstić information content (AvgIpc) is 3.08.